The van der Waals surface area contributed by atoms with E-state index in [4.69, 9.17) is 15.2 Å². The van der Waals surface area contributed by atoms with Gasteiger partial charge in [0.25, 0.3) is 0 Å². The van der Waals surface area contributed by atoms with Gasteiger partial charge in [0.1, 0.15) is 40.0 Å². The maximum Gasteiger partial charge on any atom is 0.312 e. The Kier molecular flexibility index (Phi) is 9.68. The molecule has 1 aliphatic heterocycles. The monoisotopic (exact) mass is 599 g/mol. The van der Waals surface area contributed by atoms with E-state index in [0.29, 0.717) is 24.1 Å². The highest BCUT2D eigenvalue weighted by Gasteiger charge is 2.52. The van der Waals surface area contributed by atoms with Crippen molar-refractivity contribution in [3.63, 3.8) is 0 Å². The van der Waals surface area contributed by atoms with Crippen molar-refractivity contribution in [3.8, 4) is 11.3 Å². The fraction of sp³-hybridized carbons (Fsp3) is 0.438. The number of nitrogens with zero attached hydrogens (tertiary/aromatic N) is 2. The summed E-state index contributed by atoms with van der Waals surface area (Å²) in [5.41, 5.74) is 2.91. The Morgan fingerprint density at radius 1 is 1.12 bits per heavy atom. The van der Waals surface area contributed by atoms with Gasteiger partial charge < -0.3 is 20.3 Å². The highest BCUT2D eigenvalue weighted by Crippen LogP contribution is 2.45. The third kappa shape index (κ3) is 7.11. The molecule has 1 saturated heterocycles. The van der Waals surface area contributed by atoms with E-state index in [2.05, 4.69) is 9.97 Å². The number of carbonyl (C=O) groups excluding carboxylic acids is 2. The number of carbonyl (C=O) groups is 2. The van der Waals surface area contributed by atoms with Crippen molar-refractivity contribution in [2.24, 2.45) is 11.7 Å². The average molecular weight is 600 g/mol. The van der Waals surface area contributed by atoms with E-state index in [9.17, 15) is 27.9 Å². The number of ether oxygens (including phenoxy) is 2. The number of ketones is 1. The molecule has 0 unspecified atom stereocenters. The SMILES string of the molecule is C[C@@H]1O[C@H](c2ccncc2CC(=O)c2ccc(F)c(-c3c(F)cccc3F)n2)C[C@H](C(=O)OC(C)(C)C)[C@]1(O)CCCN. The standard InChI is InChI=1S/C32H36F3N3O5/c1-18-32(41,12-6-13-36)21(30(40)43-31(2,3)4)16-27(42-18)20-11-14-37-17-19(20)15-26(39)25-10-9-24(35)29(38-25)28-22(33)7-5-8-23(28)34/h5,7-11,14,17-18,21,27,41H,6,12-13,15-16,36H2,1-4H3/t18-,21+,27-,32-/m0/s1. The van der Waals surface area contributed by atoms with Crippen molar-refractivity contribution in [1.29, 1.82) is 0 Å². The summed E-state index contributed by atoms with van der Waals surface area (Å²) >= 11 is 0. The number of nitrogens with two attached hydrogens (primary N) is 1. The number of rotatable bonds is 9. The van der Waals surface area contributed by atoms with E-state index in [0.717, 1.165) is 30.3 Å². The zero-order chi connectivity index (χ0) is 31.5. The summed E-state index contributed by atoms with van der Waals surface area (Å²) < 4.78 is 55.3. The molecular weight excluding hydrogens is 563 g/mol. The van der Waals surface area contributed by atoms with Gasteiger partial charge in [0.05, 0.1) is 23.7 Å². The molecule has 1 fully saturated rings. The molecule has 3 aromatic rings. The first-order valence-electron chi connectivity index (χ1n) is 14.1. The lowest BCUT2D eigenvalue weighted by Gasteiger charge is -2.47. The first kappa shape index (κ1) is 32.2. The molecule has 43 heavy (non-hydrogen) atoms. The molecule has 0 saturated carbocycles. The number of aliphatic hydroxyl groups is 1. The lowest BCUT2D eigenvalue weighted by Crippen LogP contribution is -2.57. The summed E-state index contributed by atoms with van der Waals surface area (Å²) in [4.78, 5) is 34.8. The topological polar surface area (TPSA) is 125 Å². The average Bonchev–Trinajstić information content (AvgIpc) is 2.93. The van der Waals surface area contributed by atoms with E-state index >= 15 is 0 Å². The van der Waals surface area contributed by atoms with Crippen LogP contribution < -0.4 is 5.73 Å². The Labute approximate surface area is 248 Å². The van der Waals surface area contributed by atoms with Crippen molar-refractivity contribution in [3.05, 3.63) is 83.1 Å². The molecule has 0 amide bonds. The number of pyridine rings is 2. The van der Waals surface area contributed by atoms with Crippen LogP contribution in [0.3, 0.4) is 0 Å². The van der Waals surface area contributed by atoms with Gasteiger partial charge in [0, 0.05) is 18.8 Å². The highest BCUT2D eigenvalue weighted by molar-refractivity contribution is 5.96. The summed E-state index contributed by atoms with van der Waals surface area (Å²) in [5, 5.41) is 11.7. The second-order valence-corrected chi connectivity index (χ2v) is 11.8. The van der Waals surface area contributed by atoms with E-state index < -0.39 is 69.8 Å². The van der Waals surface area contributed by atoms with Crippen LogP contribution in [0.15, 0.2) is 48.8 Å². The Hall–Kier alpha value is -3.67. The third-order valence-electron chi connectivity index (χ3n) is 7.57. The molecule has 4 atom stereocenters. The van der Waals surface area contributed by atoms with Crippen LogP contribution in [0, 0.1) is 23.4 Å². The zero-order valence-electron chi connectivity index (χ0n) is 24.6. The van der Waals surface area contributed by atoms with Gasteiger partial charge in [0.2, 0.25) is 0 Å². The summed E-state index contributed by atoms with van der Waals surface area (Å²) in [6.07, 6.45) is 2.01. The lowest BCUT2D eigenvalue weighted by atomic mass is 9.73. The molecule has 3 N–H and O–H groups in total. The molecule has 4 rings (SSSR count). The van der Waals surface area contributed by atoms with Gasteiger partial charge in [-0.05, 0) is 95.0 Å². The normalized spacial score (nSPS) is 22.3. The van der Waals surface area contributed by atoms with E-state index in [1.54, 1.807) is 33.8 Å². The van der Waals surface area contributed by atoms with Gasteiger partial charge >= 0.3 is 5.97 Å². The van der Waals surface area contributed by atoms with Crippen molar-refractivity contribution < 1.29 is 37.3 Å². The minimum absolute atomic E-state index is 0.0665. The highest BCUT2D eigenvalue weighted by atomic mass is 19.1. The van der Waals surface area contributed by atoms with E-state index in [-0.39, 0.29) is 25.0 Å². The van der Waals surface area contributed by atoms with Crippen molar-refractivity contribution in [2.75, 3.05) is 6.54 Å². The molecule has 2 aromatic heterocycles. The van der Waals surface area contributed by atoms with Crippen LogP contribution in [0.1, 0.15) is 74.7 Å². The lowest BCUT2D eigenvalue weighted by molar-refractivity contribution is -0.221. The molecule has 1 aliphatic rings. The predicted octanol–water partition coefficient (Wildman–Crippen LogP) is 5.26. The minimum atomic E-state index is -1.53. The largest absolute Gasteiger partial charge is 0.460 e. The smallest absolute Gasteiger partial charge is 0.312 e. The molecule has 8 nitrogen and oxygen atoms in total. The summed E-state index contributed by atoms with van der Waals surface area (Å²) in [5.74, 6) is -5.08. The zero-order valence-corrected chi connectivity index (χ0v) is 24.6. The number of aromatic nitrogens is 2. The van der Waals surface area contributed by atoms with E-state index in [1.807, 2.05) is 0 Å². The first-order chi connectivity index (χ1) is 20.2. The molecule has 1 aromatic carbocycles. The van der Waals surface area contributed by atoms with Gasteiger partial charge in [-0.2, -0.15) is 0 Å². The minimum Gasteiger partial charge on any atom is -0.460 e. The number of halogens is 3. The van der Waals surface area contributed by atoms with Crippen LogP contribution in [0.2, 0.25) is 0 Å². The van der Waals surface area contributed by atoms with E-state index in [1.165, 1.54) is 12.4 Å². The van der Waals surface area contributed by atoms with Gasteiger partial charge in [0.15, 0.2) is 5.78 Å². The number of hydrogen-bond donors (Lipinski definition) is 2. The Morgan fingerprint density at radius 3 is 2.47 bits per heavy atom. The first-order valence-corrected chi connectivity index (χ1v) is 14.1. The van der Waals surface area contributed by atoms with Crippen LogP contribution >= 0.6 is 0 Å². The summed E-state index contributed by atoms with van der Waals surface area (Å²) in [6, 6.07) is 6.84. The molecule has 0 radical (unpaired) electrons. The summed E-state index contributed by atoms with van der Waals surface area (Å²) in [6.45, 7) is 7.22. The molecule has 0 aliphatic carbocycles. The Bertz CT molecular complexity index is 1480. The van der Waals surface area contributed by atoms with Crippen LogP contribution in [0.5, 0.6) is 0 Å². The summed E-state index contributed by atoms with van der Waals surface area (Å²) in [7, 11) is 0. The van der Waals surface area contributed by atoms with Crippen molar-refractivity contribution in [1.82, 2.24) is 9.97 Å². The van der Waals surface area contributed by atoms with Crippen molar-refractivity contribution in [2.45, 2.75) is 76.8 Å². The van der Waals surface area contributed by atoms with Crippen molar-refractivity contribution >= 4 is 11.8 Å². The number of hydrogen-bond acceptors (Lipinski definition) is 8. The molecule has 230 valence electrons. The van der Waals surface area contributed by atoms with Crippen LogP contribution in [-0.2, 0) is 20.7 Å². The molecule has 0 spiro atoms. The predicted molar refractivity (Wildman–Crippen MR) is 152 cm³/mol. The molecule has 3 heterocycles. The molecular formula is C32H36F3N3O5. The van der Waals surface area contributed by atoms with Crippen LogP contribution in [-0.4, -0.2) is 50.7 Å². The second kappa shape index (κ2) is 12.9. The Morgan fingerprint density at radius 2 is 1.81 bits per heavy atom. The number of benzene rings is 1. The quantitative estimate of drug-likeness (QED) is 0.252. The van der Waals surface area contributed by atoms with Gasteiger partial charge in [-0.25, -0.2) is 18.2 Å². The van der Waals surface area contributed by atoms with Gasteiger partial charge in [-0.1, -0.05) is 6.07 Å². The van der Waals surface area contributed by atoms with Gasteiger partial charge in [-0.3, -0.25) is 14.6 Å². The molecule has 11 heteroatoms. The third-order valence-corrected chi connectivity index (χ3v) is 7.57. The second-order valence-electron chi connectivity index (χ2n) is 11.8. The van der Waals surface area contributed by atoms with Crippen LogP contribution in [0.4, 0.5) is 13.2 Å². The van der Waals surface area contributed by atoms with Crippen LogP contribution in [0.25, 0.3) is 11.3 Å². The fourth-order valence-corrected chi connectivity index (χ4v) is 5.42. The fourth-order valence-electron chi connectivity index (χ4n) is 5.42. The Balaban J connectivity index is 1.64. The maximum absolute atomic E-state index is 14.6. The number of Topliss-reactive ketones (excluding diaryl/α,β-unsaturated/α-hetero) is 1. The number of esters is 1. The van der Waals surface area contributed by atoms with Gasteiger partial charge in [-0.15, -0.1) is 0 Å². The molecule has 0 bridgehead atoms. The maximum atomic E-state index is 14.6.